The largest absolute Gasteiger partial charge is 0.390 e. The van der Waals surface area contributed by atoms with Gasteiger partial charge in [-0.25, -0.2) is 0 Å². The van der Waals surface area contributed by atoms with Crippen molar-refractivity contribution in [2.45, 2.75) is 24.9 Å². The van der Waals surface area contributed by atoms with Gasteiger partial charge < -0.3 is 5.11 Å². The Kier molecular flexibility index (Phi) is 2.04. The molecular formula is C12H13N3O. The fourth-order valence-corrected chi connectivity index (χ4v) is 1.84. The number of nitrogens with zero attached hydrogens (tertiary/aromatic N) is 3. The van der Waals surface area contributed by atoms with Crippen molar-refractivity contribution < 1.29 is 5.11 Å². The molecule has 1 fully saturated rings. The highest BCUT2D eigenvalue weighted by atomic mass is 16.3. The summed E-state index contributed by atoms with van der Waals surface area (Å²) in [5, 5.41) is 18.0. The number of rotatable bonds is 3. The Morgan fingerprint density at radius 2 is 2.00 bits per heavy atom. The molecule has 1 saturated carbocycles. The topological polar surface area (TPSA) is 50.9 Å². The van der Waals surface area contributed by atoms with E-state index in [9.17, 15) is 5.11 Å². The lowest BCUT2D eigenvalue weighted by molar-refractivity contribution is 0.151. The molecule has 0 aliphatic heterocycles. The molecule has 1 heterocycles. The molecule has 1 aliphatic carbocycles. The molecule has 1 aromatic heterocycles. The predicted molar refractivity (Wildman–Crippen MR) is 59.2 cm³/mol. The van der Waals surface area contributed by atoms with E-state index in [0.717, 1.165) is 30.5 Å². The van der Waals surface area contributed by atoms with E-state index >= 15 is 0 Å². The van der Waals surface area contributed by atoms with Gasteiger partial charge in [0, 0.05) is 6.42 Å². The van der Waals surface area contributed by atoms with Gasteiger partial charge in [0.1, 0.15) is 0 Å². The van der Waals surface area contributed by atoms with Crippen molar-refractivity contribution in [3.63, 3.8) is 0 Å². The summed E-state index contributed by atoms with van der Waals surface area (Å²) < 4.78 is 0. The lowest BCUT2D eigenvalue weighted by Crippen LogP contribution is -2.11. The predicted octanol–water partition coefficient (Wildman–Crippen LogP) is 1.33. The van der Waals surface area contributed by atoms with E-state index in [2.05, 4.69) is 10.2 Å². The molecule has 3 rings (SSSR count). The summed E-state index contributed by atoms with van der Waals surface area (Å²) in [6.07, 6.45) is 5.86. The van der Waals surface area contributed by atoms with E-state index in [4.69, 9.17) is 0 Å². The zero-order valence-electron chi connectivity index (χ0n) is 8.87. The van der Waals surface area contributed by atoms with Gasteiger partial charge >= 0.3 is 0 Å². The zero-order chi connectivity index (χ0) is 11.0. The number of aliphatic hydroxyl groups is 1. The Bertz CT molecular complexity index is 489. The van der Waals surface area contributed by atoms with Crippen LogP contribution in [0.1, 0.15) is 18.4 Å². The second-order valence-electron chi connectivity index (χ2n) is 4.39. The molecule has 1 aliphatic rings. The first kappa shape index (κ1) is 9.54. The monoisotopic (exact) mass is 215 g/mol. The van der Waals surface area contributed by atoms with Gasteiger partial charge in [-0.3, -0.25) is 0 Å². The van der Waals surface area contributed by atoms with Crippen LogP contribution in [0.15, 0.2) is 36.7 Å². The van der Waals surface area contributed by atoms with Gasteiger partial charge in [-0.1, -0.05) is 12.1 Å². The summed E-state index contributed by atoms with van der Waals surface area (Å²) >= 11 is 0. The molecule has 0 radical (unpaired) electrons. The van der Waals surface area contributed by atoms with Crippen LogP contribution in [-0.4, -0.2) is 25.7 Å². The quantitative estimate of drug-likeness (QED) is 0.840. The molecule has 0 spiro atoms. The van der Waals surface area contributed by atoms with Crippen molar-refractivity contribution in [1.82, 2.24) is 15.0 Å². The number of hydrogen-bond acceptors (Lipinski definition) is 3. The Labute approximate surface area is 93.5 Å². The van der Waals surface area contributed by atoms with Gasteiger partial charge in [0.05, 0.1) is 23.7 Å². The minimum Gasteiger partial charge on any atom is -0.390 e. The Morgan fingerprint density at radius 3 is 2.69 bits per heavy atom. The SMILES string of the molecule is OC1(Cc2cccc(-n3nccn3)c2)CC1. The van der Waals surface area contributed by atoms with Gasteiger partial charge in [-0.15, -0.1) is 0 Å². The van der Waals surface area contributed by atoms with Crippen LogP contribution in [0.25, 0.3) is 5.69 Å². The molecule has 16 heavy (non-hydrogen) atoms. The molecule has 4 nitrogen and oxygen atoms in total. The van der Waals surface area contributed by atoms with Crippen molar-refractivity contribution in [3.05, 3.63) is 42.2 Å². The second kappa shape index (κ2) is 3.42. The van der Waals surface area contributed by atoms with Crippen LogP contribution in [0.2, 0.25) is 0 Å². The van der Waals surface area contributed by atoms with Crippen LogP contribution in [0.3, 0.4) is 0 Å². The third kappa shape index (κ3) is 1.84. The number of benzene rings is 1. The summed E-state index contributed by atoms with van der Waals surface area (Å²) in [5.74, 6) is 0. The molecule has 82 valence electrons. The third-order valence-corrected chi connectivity index (χ3v) is 2.92. The van der Waals surface area contributed by atoms with Crippen LogP contribution in [0, 0.1) is 0 Å². The smallest absolute Gasteiger partial charge is 0.0859 e. The summed E-state index contributed by atoms with van der Waals surface area (Å²) in [6.45, 7) is 0. The molecule has 4 heteroatoms. The highest BCUT2D eigenvalue weighted by Crippen LogP contribution is 2.38. The average molecular weight is 215 g/mol. The highest BCUT2D eigenvalue weighted by molar-refractivity contribution is 5.35. The maximum atomic E-state index is 9.87. The van der Waals surface area contributed by atoms with Gasteiger partial charge in [0.2, 0.25) is 0 Å². The van der Waals surface area contributed by atoms with Crippen molar-refractivity contribution in [2.75, 3.05) is 0 Å². The second-order valence-corrected chi connectivity index (χ2v) is 4.39. The van der Waals surface area contributed by atoms with Crippen LogP contribution in [-0.2, 0) is 6.42 Å². The van der Waals surface area contributed by atoms with Crippen molar-refractivity contribution in [3.8, 4) is 5.69 Å². The standard InChI is InChI=1S/C12H13N3O/c16-12(4-5-12)9-10-2-1-3-11(8-10)15-13-6-7-14-15/h1-3,6-8,16H,4-5,9H2. The maximum absolute atomic E-state index is 9.87. The molecule has 2 aromatic rings. The molecule has 0 saturated heterocycles. The maximum Gasteiger partial charge on any atom is 0.0859 e. The van der Waals surface area contributed by atoms with Gasteiger partial charge in [0.15, 0.2) is 0 Å². The summed E-state index contributed by atoms with van der Waals surface area (Å²) in [7, 11) is 0. The number of aromatic nitrogens is 3. The molecule has 0 unspecified atom stereocenters. The Morgan fingerprint density at radius 1 is 1.25 bits per heavy atom. The van der Waals surface area contributed by atoms with E-state index in [1.54, 1.807) is 17.2 Å². The third-order valence-electron chi connectivity index (χ3n) is 2.92. The lowest BCUT2D eigenvalue weighted by Gasteiger charge is -2.08. The first-order valence-electron chi connectivity index (χ1n) is 5.43. The average Bonchev–Trinajstić information content (AvgIpc) is 2.84. The fourth-order valence-electron chi connectivity index (χ4n) is 1.84. The van der Waals surface area contributed by atoms with Gasteiger partial charge in [-0.2, -0.15) is 15.0 Å². The highest BCUT2D eigenvalue weighted by Gasteiger charge is 2.40. The summed E-state index contributed by atoms with van der Waals surface area (Å²) in [5.41, 5.74) is 1.62. The fraction of sp³-hybridized carbons (Fsp3) is 0.333. The first-order chi connectivity index (χ1) is 7.75. The molecule has 1 aromatic carbocycles. The van der Waals surface area contributed by atoms with E-state index in [1.165, 1.54) is 0 Å². The van der Waals surface area contributed by atoms with Gasteiger partial charge in [-0.05, 0) is 30.5 Å². The molecule has 0 atom stereocenters. The zero-order valence-corrected chi connectivity index (χ0v) is 8.87. The normalized spacial score (nSPS) is 17.3. The van der Waals surface area contributed by atoms with Crippen LogP contribution >= 0.6 is 0 Å². The van der Waals surface area contributed by atoms with Crippen LogP contribution in [0.5, 0.6) is 0 Å². The van der Waals surface area contributed by atoms with Crippen LogP contribution in [0.4, 0.5) is 0 Å². The van der Waals surface area contributed by atoms with Gasteiger partial charge in [0.25, 0.3) is 0 Å². The van der Waals surface area contributed by atoms with Crippen molar-refractivity contribution in [1.29, 1.82) is 0 Å². The van der Waals surface area contributed by atoms with Crippen molar-refractivity contribution in [2.24, 2.45) is 0 Å². The molecule has 1 N–H and O–H groups in total. The Hall–Kier alpha value is -1.68. The van der Waals surface area contributed by atoms with E-state index in [0.29, 0.717) is 0 Å². The minimum absolute atomic E-state index is 0.448. The number of hydrogen-bond donors (Lipinski definition) is 1. The summed E-state index contributed by atoms with van der Waals surface area (Å²) in [4.78, 5) is 1.58. The summed E-state index contributed by atoms with van der Waals surface area (Å²) in [6, 6.07) is 7.99. The first-order valence-corrected chi connectivity index (χ1v) is 5.43. The Balaban J connectivity index is 1.88. The molecular weight excluding hydrogens is 202 g/mol. The van der Waals surface area contributed by atoms with E-state index in [-0.39, 0.29) is 0 Å². The van der Waals surface area contributed by atoms with Crippen LogP contribution < -0.4 is 0 Å². The molecule has 0 bridgehead atoms. The molecule has 0 amide bonds. The van der Waals surface area contributed by atoms with Crippen molar-refractivity contribution >= 4 is 0 Å². The van der Waals surface area contributed by atoms with E-state index < -0.39 is 5.60 Å². The lowest BCUT2D eigenvalue weighted by atomic mass is 10.1. The minimum atomic E-state index is -0.448. The van der Waals surface area contributed by atoms with E-state index in [1.807, 2.05) is 24.3 Å².